The predicted octanol–water partition coefficient (Wildman–Crippen LogP) is 0.877. The Kier molecular flexibility index (Phi) is 5.38. The van der Waals surface area contributed by atoms with Crippen molar-refractivity contribution in [1.29, 1.82) is 0 Å². The molecule has 6 heteroatoms. The van der Waals surface area contributed by atoms with Crippen LogP contribution in [0.25, 0.3) is 0 Å². The van der Waals surface area contributed by atoms with Crippen LogP contribution in [0.15, 0.2) is 12.2 Å². The van der Waals surface area contributed by atoms with E-state index in [0.717, 1.165) is 11.3 Å². The first kappa shape index (κ1) is 14.2. The zero-order valence-electron chi connectivity index (χ0n) is 10.9. The Bertz CT molecular complexity index is 426. The molecule has 6 nitrogen and oxygen atoms in total. The zero-order valence-corrected chi connectivity index (χ0v) is 10.9. The summed E-state index contributed by atoms with van der Waals surface area (Å²) in [5, 5.41) is 9.33. The molecular formula is C12H20N4O2. The number of hydrogen-bond acceptors (Lipinski definition) is 4. The number of aryl methyl sites for hydroxylation is 1. The number of nitrogens with zero attached hydrogens (tertiary/aromatic N) is 1. The summed E-state index contributed by atoms with van der Waals surface area (Å²) in [5.41, 5.74) is 8.17. The van der Waals surface area contributed by atoms with Crippen LogP contribution in [0, 0.1) is 0 Å². The quantitative estimate of drug-likeness (QED) is 0.496. The summed E-state index contributed by atoms with van der Waals surface area (Å²) < 4.78 is 5.26. The fourth-order valence-corrected chi connectivity index (χ4v) is 1.40. The van der Waals surface area contributed by atoms with Gasteiger partial charge in [0, 0.05) is 6.54 Å². The maximum absolute atomic E-state index is 11.7. The molecule has 18 heavy (non-hydrogen) atoms. The molecule has 0 unspecified atom stereocenters. The smallest absolute Gasteiger partial charge is 0.274 e. The van der Waals surface area contributed by atoms with Crippen molar-refractivity contribution in [2.75, 3.05) is 25.5 Å². The molecule has 0 bridgehead atoms. The van der Waals surface area contributed by atoms with Gasteiger partial charge in [0.25, 0.3) is 5.91 Å². The monoisotopic (exact) mass is 252 g/mol. The van der Waals surface area contributed by atoms with E-state index in [2.05, 4.69) is 22.1 Å². The number of nitrogen functional groups attached to an aromatic ring is 1. The van der Waals surface area contributed by atoms with Crippen LogP contribution in [0.2, 0.25) is 0 Å². The zero-order chi connectivity index (χ0) is 13.5. The van der Waals surface area contributed by atoms with Crippen LogP contribution in [-0.2, 0) is 11.2 Å². The van der Waals surface area contributed by atoms with Gasteiger partial charge in [-0.2, -0.15) is 5.10 Å². The van der Waals surface area contributed by atoms with Crippen LogP contribution in [0.5, 0.6) is 0 Å². The molecule has 0 aliphatic heterocycles. The minimum Gasteiger partial charge on any atom is -0.395 e. The van der Waals surface area contributed by atoms with Gasteiger partial charge in [-0.25, -0.2) is 0 Å². The molecule has 0 fully saturated rings. The van der Waals surface area contributed by atoms with Crippen LogP contribution in [0.4, 0.5) is 5.69 Å². The number of rotatable bonds is 7. The lowest BCUT2D eigenvalue weighted by molar-refractivity contribution is 0.0922. The average Bonchev–Trinajstić information content (AvgIpc) is 2.69. The second-order valence-corrected chi connectivity index (χ2v) is 4.08. The Balaban J connectivity index is 2.36. The normalized spacial score (nSPS) is 10.3. The largest absolute Gasteiger partial charge is 0.395 e. The third-order valence-corrected chi connectivity index (χ3v) is 2.33. The number of anilines is 1. The highest BCUT2D eigenvalue weighted by Gasteiger charge is 2.15. The van der Waals surface area contributed by atoms with E-state index in [1.807, 2.05) is 13.8 Å². The van der Waals surface area contributed by atoms with E-state index in [1.165, 1.54) is 0 Å². The van der Waals surface area contributed by atoms with Crippen LogP contribution < -0.4 is 11.1 Å². The van der Waals surface area contributed by atoms with Crippen molar-refractivity contribution < 1.29 is 9.53 Å². The number of ether oxygens (including phenoxy) is 1. The van der Waals surface area contributed by atoms with Gasteiger partial charge in [-0.05, 0) is 13.3 Å². The Morgan fingerprint density at radius 1 is 1.61 bits per heavy atom. The molecule has 0 aromatic carbocycles. The second-order valence-electron chi connectivity index (χ2n) is 4.08. The summed E-state index contributed by atoms with van der Waals surface area (Å²) >= 11 is 0. The third kappa shape index (κ3) is 3.89. The van der Waals surface area contributed by atoms with Crippen molar-refractivity contribution in [1.82, 2.24) is 15.5 Å². The van der Waals surface area contributed by atoms with Gasteiger partial charge in [0.05, 0.1) is 24.6 Å². The molecule has 100 valence electrons. The molecule has 0 aliphatic rings. The van der Waals surface area contributed by atoms with Crippen molar-refractivity contribution in [3.63, 3.8) is 0 Å². The summed E-state index contributed by atoms with van der Waals surface area (Å²) in [5.74, 6) is -0.289. The average molecular weight is 252 g/mol. The molecule has 4 N–H and O–H groups in total. The molecular weight excluding hydrogens is 232 g/mol. The molecule has 0 radical (unpaired) electrons. The van der Waals surface area contributed by atoms with Crippen LogP contribution in [0.3, 0.4) is 0 Å². The number of nitrogens with two attached hydrogens (primary N) is 1. The number of aromatic amines is 1. The van der Waals surface area contributed by atoms with Gasteiger partial charge in [0.15, 0.2) is 5.69 Å². The molecule has 1 rings (SSSR count). The van der Waals surface area contributed by atoms with Crippen molar-refractivity contribution in [3.8, 4) is 0 Å². The summed E-state index contributed by atoms with van der Waals surface area (Å²) in [6.07, 6.45) is 0.716. The van der Waals surface area contributed by atoms with E-state index in [-0.39, 0.29) is 11.6 Å². The first-order valence-corrected chi connectivity index (χ1v) is 5.89. The number of amides is 1. The molecule has 0 spiro atoms. The standard InChI is InChI=1S/C12H20N4O2/c1-4-9-10(13)11(16-15-9)12(17)14-5-6-18-7-8(2)3/h2,4-7,13H2,1,3H3,(H,14,17)(H,15,16). The molecule has 0 aliphatic carbocycles. The van der Waals surface area contributed by atoms with Gasteiger partial charge < -0.3 is 15.8 Å². The number of aromatic nitrogens is 2. The number of nitrogens with one attached hydrogen (secondary N) is 2. The van der Waals surface area contributed by atoms with E-state index in [9.17, 15) is 4.79 Å². The van der Waals surface area contributed by atoms with Crippen LogP contribution in [-0.4, -0.2) is 35.9 Å². The lowest BCUT2D eigenvalue weighted by Gasteiger charge is -2.05. The van der Waals surface area contributed by atoms with Crippen molar-refractivity contribution in [3.05, 3.63) is 23.5 Å². The maximum atomic E-state index is 11.7. The summed E-state index contributed by atoms with van der Waals surface area (Å²) in [6.45, 7) is 8.89. The molecule has 1 aromatic heterocycles. The number of carbonyl (C=O) groups is 1. The van der Waals surface area contributed by atoms with Crippen molar-refractivity contribution in [2.24, 2.45) is 0 Å². The molecule has 1 heterocycles. The van der Waals surface area contributed by atoms with E-state index in [4.69, 9.17) is 10.5 Å². The molecule has 0 atom stereocenters. The number of carbonyl (C=O) groups excluding carboxylic acids is 1. The Labute approximate surface area is 107 Å². The van der Waals surface area contributed by atoms with Gasteiger partial charge in [0.1, 0.15) is 0 Å². The predicted molar refractivity (Wildman–Crippen MR) is 70.3 cm³/mol. The highest BCUT2D eigenvalue weighted by molar-refractivity contribution is 5.97. The Morgan fingerprint density at radius 2 is 2.33 bits per heavy atom. The Hall–Kier alpha value is -1.82. The van der Waals surface area contributed by atoms with E-state index >= 15 is 0 Å². The topological polar surface area (TPSA) is 93.0 Å². The second kappa shape index (κ2) is 6.80. The minimum atomic E-state index is -0.289. The molecule has 0 saturated carbocycles. The fourth-order valence-electron chi connectivity index (χ4n) is 1.40. The summed E-state index contributed by atoms with van der Waals surface area (Å²) in [7, 11) is 0. The molecule has 1 amide bonds. The van der Waals surface area contributed by atoms with Gasteiger partial charge in [-0.1, -0.05) is 19.1 Å². The summed E-state index contributed by atoms with van der Waals surface area (Å²) in [4.78, 5) is 11.7. The SMILES string of the molecule is C=C(C)COCCNC(=O)c1n[nH]c(CC)c1N. The first-order chi connectivity index (χ1) is 8.56. The van der Waals surface area contributed by atoms with E-state index in [1.54, 1.807) is 0 Å². The Morgan fingerprint density at radius 3 is 2.89 bits per heavy atom. The molecule has 0 saturated heterocycles. The van der Waals surface area contributed by atoms with Crippen LogP contribution in [0.1, 0.15) is 30.0 Å². The lowest BCUT2D eigenvalue weighted by atomic mass is 10.2. The van der Waals surface area contributed by atoms with Crippen molar-refractivity contribution in [2.45, 2.75) is 20.3 Å². The highest BCUT2D eigenvalue weighted by atomic mass is 16.5. The molecule has 1 aromatic rings. The first-order valence-electron chi connectivity index (χ1n) is 5.89. The minimum absolute atomic E-state index is 0.242. The fraction of sp³-hybridized carbons (Fsp3) is 0.500. The van der Waals surface area contributed by atoms with Gasteiger partial charge in [-0.15, -0.1) is 0 Å². The van der Waals surface area contributed by atoms with Gasteiger partial charge >= 0.3 is 0 Å². The van der Waals surface area contributed by atoms with Gasteiger partial charge in [-0.3, -0.25) is 9.89 Å². The number of H-pyrrole nitrogens is 1. The van der Waals surface area contributed by atoms with Gasteiger partial charge in [0.2, 0.25) is 0 Å². The van der Waals surface area contributed by atoms with E-state index in [0.29, 0.717) is 31.9 Å². The third-order valence-electron chi connectivity index (χ3n) is 2.33. The summed E-state index contributed by atoms with van der Waals surface area (Å²) in [6, 6.07) is 0. The highest BCUT2D eigenvalue weighted by Crippen LogP contribution is 2.13. The van der Waals surface area contributed by atoms with E-state index < -0.39 is 0 Å². The maximum Gasteiger partial charge on any atom is 0.274 e. The number of hydrogen-bond donors (Lipinski definition) is 3. The van der Waals surface area contributed by atoms with Crippen LogP contribution >= 0.6 is 0 Å². The lowest BCUT2D eigenvalue weighted by Crippen LogP contribution is -2.28. The van der Waals surface area contributed by atoms with Crippen molar-refractivity contribution >= 4 is 11.6 Å².